The van der Waals surface area contributed by atoms with Crippen LogP contribution in [0.1, 0.15) is 36.1 Å². The van der Waals surface area contributed by atoms with Crippen molar-refractivity contribution in [2.24, 2.45) is 0 Å². The second-order valence-electron chi connectivity index (χ2n) is 6.73. The average Bonchev–Trinajstić information content (AvgIpc) is 2.73. The molecule has 0 aliphatic rings. The van der Waals surface area contributed by atoms with E-state index in [0.29, 0.717) is 12.2 Å². The predicted octanol–water partition coefficient (Wildman–Crippen LogP) is 5.20. The number of aryl methyl sites for hydroxylation is 1. The number of carbonyl (C=O) groups excluding carboxylic acids is 1. The van der Waals surface area contributed by atoms with Gasteiger partial charge in [-0.05, 0) is 48.7 Å². The Morgan fingerprint density at radius 2 is 1.54 bits per heavy atom. The minimum atomic E-state index is -0.665. The van der Waals surface area contributed by atoms with Crippen LogP contribution in [0.3, 0.4) is 0 Å². The Labute approximate surface area is 165 Å². The molecule has 3 nitrogen and oxygen atoms in total. The Bertz CT molecular complexity index is 892. The van der Waals surface area contributed by atoms with Crippen LogP contribution < -0.4 is 10.1 Å². The fourth-order valence-electron chi connectivity index (χ4n) is 3.00. The molecule has 1 amide bonds. The molecule has 0 aliphatic heterocycles. The zero-order valence-electron chi connectivity index (χ0n) is 16.1. The van der Waals surface area contributed by atoms with Gasteiger partial charge in [-0.3, -0.25) is 4.79 Å². The van der Waals surface area contributed by atoms with Crippen molar-refractivity contribution in [1.29, 1.82) is 0 Å². The van der Waals surface area contributed by atoms with Gasteiger partial charge in [-0.1, -0.05) is 67.1 Å². The van der Waals surface area contributed by atoms with E-state index >= 15 is 0 Å². The largest absolute Gasteiger partial charge is 0.481 e. The summed E-state index contributed by atoms with van der Waals surface area (Å²) >= 11 is 0. The summed E-state index contributed by atoms with van der Waals surface area (Å²) in [6.45, 7) is 3.92. The van der Waals surface area contributed by atoms with Gasteiger partial charge in [0.15, 0.2) is 6.10 Å². The number of hydrogen-bond donors (Lipinski definition) is 1. The third-order valence-corrected chi connectivity index (χ3v) is 4.59. The topological polar surface area (TPSA) is 38.3 Å². The Morgan fingerprint density at radius 3 is 2.14 bits per heavy atom. The number of carbonyl (C=O) groups is 1. The van der Waals surface area contributed by atoms with E-state index in [9.17, 15) is 9.18 Å². The Morgan fingerprint density at radius 1 is 0.929 bits per heavy atom. The maximum atomic E-state index is 13.1. The van der Waals surface area contributed by atoms with E-state index in [1.807, 2.05) is 68.4 Å². The molecule has 3 rings (SSSR count). The van der Waals surface area contributed by atoms with Crippen molar-refractivity contribution in [2.45, 2.75) is 32.4 Å². The molecule has 3 aromatic rings. The highest BCUT2D eigenvalue weighted by molar-refractivity contribution is 5.82. The number of amides is 1. The van der Waals surface area contributed by atoms with Crippen molar-refractivity contribution in [3.05, 3.63) is 101 Å². The molecule has 28 heavy (non-hydrogen) atoms. The molecule has 0 fully saturated rings. The number of rotatable bonds is 7. The van der Waals surface area contributed by atoms with Gasteiger partial charge in [0.1, 0.15) is 11.6 Å². The third kappa shape index (κ3) is 4.97. The lowest BCUT2D eigenvalue weighted by Gasteiger charge is -2.24. The molecule has 0 saturated heterocycles. The molecule has 0 aliphatic carbocycles. The normalized spacial score (nSPS) is 12.8. The van der Waals surface area contributed by atoms with Gasteiger partial charge in [0.25, 0.3) is 5.91 Å². The zero-order valence-corrected chi connectivity index (χ0v) is 16.1. The molecule has 0 spiro atoms. The lowest BCUT2D eigenvalue weighted by molar-refractivity contribution is -0.128. The molecule has 0 radical (unpaired) electrons. The van der Waals surface area contributed by atoms with Crippen molar-refractivity contribution < 1.29 is 13.9 Å². The van der Waals surface area contributed by atoms with Gasteiger partial charge < -0.3 is 10.1 Å². The lowest BCUT2D eigenvalue weighted by Crippen LogP contribution is -2.40. The summed E-state index contributed by atoms with van der Waals surface area (Å²) in [6, 6.07) is 23.4. The third-order valence-electron chi connectivity index (χ3n) is 4.59. The van der Waals surface area contributed by atoms with Crippen molar-refractivity contribution >= 4 is 5.91 Å². The van der Waals surface area contributed by atoms with Crippen LogP contribution in [0, 0.1) is 12.7 Å². The van der Waals surface area contributed by atoms with Crippen LogP contribution in [0.5, 0.6) is 5.75 Å². The lowest BCUT2D eigenvalue weighted by atomic mass is 9.97. The highest BCUT2D eigenvalue weighted by Gasteiger charge is 2.23. The summed E-state index contributed by atoms with van der Waals surface area (Å²) in [5.41, 5.74) is 3.16. The summed E-state index contributed by atoms with van der Waals surface area (Å²) in [5, 5.41) is 3.11. The van der Waals surface area contributed by atoms with Crippen LogP contribution in [0.4, 0.5) is 4.39 Å². The second kappa shape index (κ2) is 9.18. The fraction of sp³-hybridized carbons (Fsp3) is 0.208. The van der Waals surface area contributed by atoms with Crippen LogP contribution in [0.15, 0.2) is 78.9 Å². The van der Waals surface area contributed by atoms with E-state index < -0.39 is 6.10 Å². The monoisotopic (exact) mass is 377 g/mol. The SMILES string of the molecule is CC[C@@H](Oc1ccc(F)cc1)C(=O)N[C@@H](c1ccccc1)c1ccc(C)cc1. The van der Waals surface area contributed by atoms with Gasteiger partial charge in [-0.15, -0.1) is 0 Å². The Balaban J connectivity index is 1.81. The molecule has 4 heteroatoms. The van der Waals surface area contributed by atoms with Gasteiger partial charge in [0.05, 0.1) is 6.04 Å². The second-order valence-corrected chi connectivity index (χ2v) is 6.73. The van der Waals surface area contributed by atoms with Crippen molar-refractivity contribution in [3.63, 3.8) is 0 Å². The van der Waals surface area contributed by atoms with Crippen molar-refractivity contribution in [2.75, 3.05) is 0 Å². The van der Waals surface area contributed by atoms with Gasteiger partial charge >= 0.3 is 0 Å². The summed E-state index contributed by atoms with van der Waals surface area (Å²) in [6.07, 6.45) is -0.166. The molecule has 144 valence electrons. The maximum Gasteiger partial charge on any atom is 0.261 e. The molecule has 0 unspecified atom stereocenters. The first-order valence-corrected chi connectivity index (χ1v) is 9.41. The van der Waals surface area contributed by atoms with E-state index in [4.69, 9.17) is 4.74 Å². The van der Waals surface area contributed by atoms with Crippen molar-refractivity contribution in [1.82, 2.24) is 5.32 Å². The molecular formula is C24H24FNO2. The number of hydrogen-bond acceptors (Lipinski definition) is 2. The first-order chi connectivity index (χ1) is 13.6. The van der Waals surface area contributed by atoms with Crippen LogP contribution >= 0.6 is 0 Å². The van der Waals surface area contributed by atoms with Gasteiger partial charge in [-0.25, -0.2) is 4.39 Å². The summed E-state index contributed by atoms with van der Waals surface area (Å²) in [7, 11) is 0. The van der Waals surface area contributed by atoms with Crippen LogP contribution in [-0.4, -0.2) is 12.0 Å². The van der Waals surface area contributed by atoms with Gasteiger partial charge in [0.2, 0.25) is 0 Å². The smallest absolute Gasteiger partial charge is 0.261 e. The minimum absolute atomic E-state index is 0.207. The van der Waals surface area contributed by atoms with E-state index in [1.165, 1.54) is 24.3 Å². The molecule has 0 aromatic heterocycles. The molecule has 3 aromatic carbocycles. The number of ether oxygens (including phenoxy) is 1. The Hall–Kier alpha value is -3.14. The summed E-state index contributed by atoms with van der Waals surface area (Å²) in [4.78, 5) is 13.0. The fourth-order valence-corrected chi connectivity index (χ4v) is 3.00. The first kappa shape index (κ1) is 19.6. The van der Waals surface area contributed by atoms with Crippen molar-refractivity contribution in [3.8, 4) is 5.75 Å². The van der Waals surface area contributed by atoms with Crippen LogP contribution in [0.25, 0.3) is 0 Å². The molecule has 0 bridgehead atoms. The highest BCUT2D eigenvalue weighted by Crippen LogP contribution is 2.23. The first-order valence-electron chi connectivity index (χ1n) is 9.41. The Kier molecular flexibility index (Phi) is 6.43. The van der Waals surface area contributed by atoms with Gasteiger partial charge in [-0.2, -0.15) is 0 Å². The molecule has 0 saturated carbocycles. The van der Waals surface area contributed by atoms with Crippen LogP contribution in [-0.2, 0) is 4.79 Å². The summed E-state index contributed by atoms with van der Waals surface area (Å²) in [5.74, 6) is -0.0791. The summed E-state index contributed by atoms with van der Waals surface area (Å²) < 4.78 is 18.9. The van der Waals surface area contributed by atoms with Crippen LogP contribution in [0.2, 0.25) is 0 Å². The molecule has 1 N–H and O–H groups in total. The average molecular weight is 377 g/mol. The van der Waals surface area contributed by atoms with E-state index in [2.05, 4.69) is 5.32 Å². The van der Waals surface area contributed by atoms with E-state index in [-0.39, 0.29) is 17.8 Å². The molecular weight excluding hydrogens is 353 g/mol. The number of nitrogens with one attached hydrogen (secondary N) is 1. The van der Waals surface area contributed by atoms with Gasteiger partial charge in [0, 0.05) is 0 Å². The van der Waals surface area contributed by atoms with E-state index in [0.717, 1.165) is 16.7 Å². The van der Waals surface area contributed by atoms with E-state index in [1.54, 1.807) is 0 Å². The number of benzene rings is 3. The zero-order chi connectivity index (χ0) is 19.9. The molecule has 2 atom stereocenters. The number of halogens is 1. The maximum absolute atomic E-state index is 13.1. The highest BCUT2D eigenvalue weighted by atomic mass is 19.1. The predicted molar refractivity (Wildman–Crippen MR) is 109 cm³/mol. The quantitative estimate of drug-likeness (QED) is 0.615. The standard InChI is InChI=1S/C24H24FNO2/c1-3-22(28-21-15-13-20(25)14-16-21)24(27)26-23(18-7-5-4-6-8-18)19-11-9-17(2)10-12-19/h4-16,22-23H,3H2,1-2H3,(H,26,27)/t22-,23+/m1/s1. The molecule has 0 heterocycles. The minimum Gasteiger partial charge on any atom is -0.481 e.